The molecule has 0 saturated heterocycles. The summed E-state index contributed by atoms with van der Waals surface area (Å²) in [6.45, 7) is 0. The molecule has 0 radical (unpaired) electrons. The van der Waals surface area contributed by atoms with E-state index in [0.29, 0.717) is 17.2 Å². The third-order valence-electron chi connectivity index (χ3n) is 2.81. The molecule has 102 valence electrons. The van der Waals surface area contributed by atoms with Gasteiger partial charge in [0.15, 0.2) is 5.65 Å². The number of fused-ring (bicyclic) bond motifs is 1. The highest BCUT2D eigenvalue weighted by Crippen LogP contribution is 2.33. The van der Waals surface area contributed by atoms with Gasteiger partial charge in [0, 0.05) is 6.20 Å². The number of nitrogens with one attached hydrogen (secondary N) is 1. The smallest absolute Gasteiger partial charge is 0.336 e. The third kappa shape index (κ3) is 2.11. The first-order valence-electron chi connectivity index (χ1n) is 5.63. The number of alkyl halides is 3. The van der Waals surface area contributed by atoms with E-state index in [1.165, 1.54) is 6.20 Å². The summed E-state index contributed by atoms with van der Waals surface area (Å²) in [5, 5.41) is 0. The Morgan fingerprint density at radius 1 is 1.10 bits per heavy atom. The van der Waals surface area contributed by atoms with Crippen LogP contribution in [-0.2, 0) is 6.18 Å². The van der Waals surface area contributed by atoms with Crippen LogP contribution in [0, 0.1) is 5.82 Å². The zero-order valence-corrected chi connectivity index (χ0v) is 9.87. The first-order valence-corrected chi connectivity index (χ1v) is 5.63. The molecule has 1 aromatic carbocycles. The SMILES string of the molecule is Fc1ccc(C(F)(F)F)cc1-c1nc2ncccc2[nH]1. The number of aromatic nitrogens is 3. The maximum absolute atomic E-state index is 13.7. The van der Waals surface area contributed by atoms with Crippen molar-refractivity contribution in [1.82, 2.24) is 15.0 Å². The van der Waals surface area contributed by atoms with Crippen LogP contribution in [0.15, 0.2) is 36.5 Å². The number of rotatable bonds is 1. The Morgan fingerprint density at radius 2 is 1.90 bits per heavy atom. The Balaban J connectivity index is 2.17. The summed E-state index contributed by atoms with van der Waals surface area (Å²) in [5.74, 6) is -0.764. The zero-order chi connectivity index (χ0) is 14.3. The van der Waals surface area contributed by atoms with Gasteiger partial charge in [-0.1, -0.05) is 0 Å². The molecule has 7 heteroatoms. The summed E-state index contributed by atoms with van der Waals surface area (Å²) in [6.07, 6.45) is -3.04. The van der Waals surface area contributed by atoms with E-state index in [2.05, 4.69) is 15.0 Å². The molecule has 3 aromatic rings. The molecule has 2 heterocycles. The predicted molar refractivity (Wildman–Crippen MR) is 64.3 cm³/mol. The number of nitrogens with zero attached hydrogens (tertiary/aromatic N) is 2. The van der Waals surface area contributed by atoms with Gasteiger partial charge in [0.2, 0.25) is 0 Å². The summed E-state index contributed by atoms with van der Waals surface area (Å²) >= 11 is 0. The normalized spacial score (nSPS) is 12.0. The molecule has 3 nitrogen and oxygen atoms in total. The first kappa shape index (κ1) is 12.6. The molecule has 0 unspecified atom stereocenters. The van der Waals surface area contributed by atoms with E-state index < -0.39 is 17.6 Å². The fourth-order valence-corrected chi connectivity index (χ4v) is 1.86. The van der Waals surface area contributed by atoms with Crippen LogP contribution in [-0.4, -0.2) is 15.0 Å². The van der Waals surface area contributed by atoms with Gasteiger partial charge in [0.05, 0.1) is 16.6 Å². The number of aromatic amines is 1. The van der Waals surface area contributed by atoms with Crippen molar-refractivity contribution in [2.75, 3.05) is 0 Å². The van der Waals surface area contributed by atoms with Crippen molar-refractivity contribution < 1.29 is 17.6 Å². The van der Waals surface area contributed by atoms with Gasteiger partial charge in [0.1, 0.15) is 11.6 Å². The van der Waals surface area contributed by atoms with Crippen molar-refractivity contribution >= 4 is 11.2 Å². The van der Waals surface area contributed by atoms with Crippen molar-refractivity contribution in [3.05, 3.63) is 47.9 Å². The lowest BCUT2D eigenvalue weighted by Crippen LogP contribution is -2.05. The van der Waals surface area contributed by atoms with E-state index in [4.69, 9.17) is 0 Å². The Kier molecular flexibility index (Phi) is 2.70. The van der Waals surface area contributed by atoms with Gasteiger partial charge in [-0.2, -0.15) is 13.2 Å². The summed E-state index contributed by atoms with van der Waals surface area (Å²) in [6, 6.07) is 5.50. The van der Waals surface area contributed by atoms with E-state index >= 15 is 0 Å². The van der Waals surface area contributed by atoms with Crippen LogP contribution in [0.5, 0.6) is 0 Å². The van der Waals surface area contributed by atoms with Gasteiger partial charge < -0.3 is 4.98 Å². The first-order chi connectivity index (χ1) is 9.45. The van der Waals surface area contributed by atoms with Gasteiger partial charge >= 0.3 is 6.18 Å². The van der Waals surface area contributed by atoms with E-state index in [1.807, 2.05) is 0 Å². The molecule has 0 aliphatic carbocycles. The van der Waals surface area contributed by atoms with Crippen LogP contribution in [0.4, 0.5) is 17.6 Å². The number of imidazole rings is 1. The monoisotopic (exact) mass is 281 g/mol. The molecular weight excluding hydrogens is 274 g/mol. The van der Waals surface area contributed by atoms with Crippen molar-refractivity contribution in [2.45, 2.75) is 6.18 Å². The predicted octanol–water partition coefficient (Wildman–Crippen LogP) is 3.78. The molecule has 3 rings (SSSR count). The molecule has 0 amide bonds. The lowest BCUT2D eigenvalue weighted by atomic mass is 10.1. The fraction of sp³-hybridized carbons (Fsp3) is 0.0769. The highest BCUT2D eigenvalue weighted by Gasteiger charge is 2.31. The molecule has 2 aromatic heterocycles. The van der Waals surface area contributed by atoms with E-state index in [-0.39, 0.29) is 11.4 Å². The van der Waals surface area contributed by atoms with Crippen LogP contribution in [0.1, 0.15) is 5.56 Å². The third-order valence-corrected chi connectivity index (χ3v) is 2.81. The van der Waals surface area contributed by atoms with E-state index in [9.17, 15) is 17.6 Å². The van der Waals surface area contributed by atoms with Crippen molar-refractivity contribution in [3.63, 3.8) is 0 Å². The van der Waals surface area contributed by atoms with Crippen LogP contribution in [0.2, 0.25) is 0 Å². The molecule has 0 aliphatic heterocycles. The second-order valence-electron chi connectivity index (χ2n) is 4.15. The Morgan fingerprint density at radius 3 is 2.60 bits per heavy atom. The molecule has 0 atom stereocenters. The van der Waals surface area contributed by atoms with E-state index in [1.54, 1.807) is 12.1 Å². The lowest BCUT2D eigenvalue weighted by Gasteiger charge is -2.08. The highest BCUT2D eigenvalue weighted by molar-refractivity contribution is 5.75. The minimum atomic E-state index is -4.54. The number of pyridine rings is 1. The van der Waals surface area contributed by atoms with Crippen molar-refractivity contribution in [3.8, 4) is 11.4 Å². The Hall–Kier alpha value is -2.44. The summed E-state index contributed by atoms with van der Waals surface area (Å²) in [7, 11) is 0. The highest BCUT2D eigenvalue weighted by atomic mass is 19.4. The maximum Gasteiger partial charge on any atom is 0.416 e. The minimum absolute atomic E-state index is 0.0160. The van der Waals surface area contributed by atoms with Crippen molar-refractivity contribution in [2.24, 2.45) is 0 Å². The van der Waals surface area contributed by atoms with Gasteiger partial charge in [-0.3, -0.25) is 0 Å². The zero-order valence-electron chi connectivity index (χ0n) is 9.87. The second kappa shape index (κ2) is 4.29. The van der Waals surface area contributed by atoms with Gasteiger partial charge in [-0.05, 0) is 30.3 Å². The molecule has 0 fully saturated rings. The Bertz CT molecular complexity index is 744. The van der Waals surface area contributed by atoms with Crippen molar-refractivity contribution in [1.29, 1.82) is 0 Å². The number of hydrogen-bond acceptors (Lipinski definition) is 2. The molecule has 0 bridgehead atoms. The second-order valence-corrected chi connectivity index (χ2v) is 4.15. The standard InChI is InChI=1S/C13H7F4N3/c14-9-4-3-7(13(15,16)17)6-8(9)11-19-10-2-1-5-18-12(10)20-11/h1-6H,(H,18,19,20). The van der Waals surface area contributed by atoms with Crippen LogP contribution in [0.25, 0.3) is 22.6 Å². The van der Waals surface area contributed by atoms with Crippen LogP contribution < -0.4 is 0 Å². The Labute approximate surface area is 110 Å². The molecule has 0 saturated carbocycles. The number of halogens is 4. The molecule has 1 N–H and O–H groups in total. The summed E-state index contributed by atoms with van der Waals surface area (Å²) < 4.78 is 51.7. The molecule has 0 spiro atoms. The average molecular weight is 281 g/mol. The minimum Gasteiger partial charge on any atom is -0.336 e. The number of benzene rings is 1. The fourth-order valence-electron chi connectivity index (χ4n) is 1.86. The van der Waals surface area contributed by atoms with Gasteiger partial charge in [-0.25, -0.2) is 14.4 Å². The lowest BCUT2D eigenvalue weighted by molar-refractivity contribution is -0.137. The molecule has 20 heavy (non-hydrogen) atoms. The average Bonchev–Trinajstić information content (AvgIpc) is 2.81. The number of H-pyrrole nitrogens is 1. The van der Waals surface area contributed by atoms with E-state index in [0.717, 1.165) is 12.1 Å². The van der Waals surface area contributed by atoms with Crippen LogP contribution >= 0.6 is 0 Å². The van der Waals surface area contributed by atoms with Gasteiger partial charge in [-0.15, -0.1) is 0 Å². The summed E-state index contributed by atoms with van der Waals surface area (Å²) in [4.78, 5) is 10.7. The molecule has 0 aliphatic rings. The number of hydrogen-bond donors (Lipinski definition) is 1. The van der Waals surface area contributed by atoms with Gasteiger partial charge in [0.25, 0.3) is 0 Å². The maximum atomic E-state index is 13.7. The summed E-state index contributed by atoms with van der Waals surface area (Å²) in [5.41, 5.74) is -0.321. The largest absolute Gasteiger partial charge is 0.416 e. The molecular formula is C13H7F4N3. The van der Waals surface area contributed by atoms with Crippen LogP contribution in [0.3, 0.4) is 0 Å². The topological polar surface area (TPSA) is 41.6 Å². The quantitative estimate of drug-likeness (QED) is 0.690.